The zero-order valence-corrected chi connectivity index (χ0v) is 16.1. The maximum atomic E-state index is 12.6. The van der Waals surface area contributed by atoms with Crippen LogP contribution in [0.1, 0.15) is 16.8 Å². The number of methoxy groups -OCH3 is 1. The van der Waals surface area contributed by atoms with Gasteiger partial charge in [-0.3, -0.25) is 4.79 Å². The predicted molar refractivity (Wildman–Crippen MR) is 107 cm³/mol. The fraction of sp³-hybridized carbons (Fsp3) is 0.368. The molecule has 1 aromatic heterocycles. The molecule has 10 heteroatoms. The molecule has 4 N–H and O–H groups in total. The van der Waals surface area contributed by atoms with Gasteiger partial charge in [0.15, 0.2) is 0 Å². The van der Waals surface area contributed by atoms with Crippen LogP contribution in [0.25, 0.3) is 0 Å². The summed E-state index contributed by atoms with van der Waals surface area (Å²) in [6.45, 7) is 2.34. The summed E-state index contributed by atoms with van der Waals surface area (Å²) in [7, 11) is 1.58. The number of nitrogen functional groups attached to an aromatic ring is 1. The van der Waals surface area contributed by atoms with Crippen molar-refractivity contribution in [1.29, 1.82) is 0 Å². The first-order valence-electron chi connectivity index (χ1n) is 9.24. The van der Waals surface area contributed by atoms with Crippen LogP contribution in [0.4, 0.5) is 16.2 Å². The van der Waals surface area contributed by atoms with Crippen LogP contribution in [0.5, 0.6) is 6.01 Å². The second kappa shape index (κ2) is 9.80. The highest BCUT2D eigenvalue weighted by molar-refractivity contribution is 6.05. The number of hydrogen-bond donors (Lipinski definition) is 3. The lowest BCUT2D eigenvalue weighted by Gasteiger charge is -2.26. The summed E-state index contributed by atoms with van der Waals surface area (Å²) in [6, 6.07) is 6.81. The van der Waals surface area contributed by atoms with E-state index in [1.807, 2.05) is 0 Å². The number of nitrogens with two attached hydrogens (primary N) is 1. The minimum absolute atomic E-state index is 0.0269. The van der Waals surface area contributed by atoms with Crippen molar-refractivity contribution in [2.24, 2.45) is 0 Å². The predicted octanol–water partition coefficient (Wildman–Crippen LogP) is 1.12. The SMILES string of the molecule is COCCN(C(=O)Oc1ncc(C(=O)Nc2ccccc2N)cn1)[C@H]1CCNC1. The maximum Gasteiger partial charge on any atom is 0.418 e. The third-order valence-electron chi connectivity index (χ3n) is 4.52. The Morgan fingerprint density at radius 2 is 2.07 bits per heavy atom. The molecule has 2 aromatic rings. The molecule has 0 unspecified atom stereocenters. The number of rotatable bonds is 7. The topological polar surface area (TPSA) is 132 Å². The number of nitrogens with zero attached hydrogens (tertiary/aromatic N) is 3. The van der Waals surface area contributed by atoms with Gasteiger partial charge in [-0.1, -0.05) is 12.1 Å². The van der Waals surface area contributed by atoms with Crippen molar-refractivity contribution in [1.82, 2.24) is 20.2 Å². The third-order valence-corrected chi connectivity index (χ3v) is 4.52. The van der Waals surface area contributed by atoms with Gasteiger partial charge >= 0.3 is 12.1 Å². The molecule has 2 heterocycles. The summed E-state index contributed by atoms with van der Waals surface area (Å²) in [6.07, 6.45) is 2.87. The van der Waals surface area contributed by atoms with Crippen molar-refractivity contribution in [2.45, 2.75) is 12.5 Å². The van der Waals surface area contributed by atoms with Gasteiger partial charge in [0.2, 0.25) is 0 Å². The molecule has 1 fully saturated rings. The third kappa shape index (κ3) is 5.39. The van der Waals surface area contributed by atoms with Crippen LogP contribution >= 0.6 is 0 Å². The molecular formula is C19H24N6O4. The fourth-order valence-corrected chi connectivity index (χ4v) is 2.95. The molecule has 0 radical (unpaired) electrons. The van der Waals surface area contributed by atoms with E-state index in [4.69, 9.17) is 15.2 Å². The Morgan fingerprint density at radius 3 is 2.72 bits per heavy atom. The first-order valence-corrected chi connectivity index (χ1v) is 9.24. The van der Waals surface area contributed by atoms with E-state index in [0.717, 1.165) is 13.0 Å². The molecule has 2 amide bonds. The molecule has 154 valence electrons. The highest BCUT2D eigenvalue weighted by atomic mass is 16.6. The van der Waals surface area contributed by atoms with Crippen molar-refractivity contribution >= 4 is 23.4 Å². The average molecular weight is 400 g/mol. The van der Waals surface area contributed by atoms with Crippen molar-refractivity contribution in [3.8, 4) is 6.01 Å². The molecule has 0 spiro atoms. The Balaban J connectivity index is 1.62. The Labute approximate surface area is 168 Å². The molecule has 3 rings (SSSR count). The van der Waals surface area contributed by atoms with Gasteiger partial charge in [-0.2, -0.15) is 0 Å². The number of benzene rings is 1. The standard InChI is InChI=1S/C19H24N6O4/c1-28-9-8-25(14-6-7-21-12-14)19(27)29-18-22-10-13(11-23-18)17(26)24-16-5-3-2-4-15(16)20/h2-5,10-11,14,21H,6-9,12,20H2,1H3,(H,24,26)/t14-/m0/s1. The summed E-state index contributed by atoms with van der Waals surface area (Å²) in [4.78, 5) is 34.4. The van der Waals surface area contributed by atoms with Crippen LogP contribution in [0.2, 0.25) is 0 Å². The zero-order valence-electron chi connectivity index (χ0n) is 16.1. The van der Waals surface area contributed by atoms with E-state index in [1.165, 1.54) is 12.4 Å². The van der Waals surface area contributed by atoms with Crippen LogP contribution in [0, 0.1) is 0 Å². The van der Waals surface area contributed by atoms with Crippen molar-refractivity contribution in [3.05, 3.63) is 42.2 Å². The molecule has 1 aliphatic heterocycles. The normalized spacial score (nSPS) is 15.7. The van der Waals surface area contributed by atoms with Crippen LogP contribution in [0.15, 0.2) is 36.7 Å². The van der Waals surface area contributed by atoms with Gasteiger partial charge in [-0.15, -0.1) is 0 Å². The molecule has 10 nitrogen and oxygen atoms in total. The highest BCUT2D eigenvalue weighted by Gasteiger charge is 2.28. The maximum absolute atomic E-state index is 12.6. The second-order valence-corrected chi connectivity index (χ2v) is 6.50. The van der Waals surface area contributed by atoms with Gasteiger partial charge in [0, 0.05) is 38.6 Å². The van der Waals surface area contributed by atoms with Crippen molar-refractivity contribution in [3.63, 3.8) is 0 Å². The van der Waals surface area contributed by atoms with Crippen LogP contribution < -0.4 is 21.1 Å². The molecule has 1 aromatic carbocycles. The van der Waals surface area contributed by atoms with Gasteiger partial charge < -0.3 is 30.7 Å². The number of ether oxygens (including phenoxy) is 2. The lowest BCUT2D eigenvalue weighted by Crippen LogP contribution is -2.45. The van der Waals surface area contributed by atoms with E-state index in [-0.39, 0.29) is 17.6 Å². The molecule has 0 bridgehead atoms. The van der Waals surface area contributed by atoms with Gasteiger partial charge in [-0.25, -0.2) is 14.8 Å². The average Bonchev–Trinajstić information content (AvgIpc) is 3.25. The van der Waals surface area contributed by atoms with E-state index < -0.39 is 12.0 Å². The molecule has 1 aliphatic rings. The Bertz CT molecular complexity index is 839. The minimum Gasteiger partial charge on any atom is -0.397 e. The number of para-hydroxylation sites is 2. The van der Waals surface area contributed by atoms with E-state index in [2.05, 4.69) is 20.6 Å². The highest BCUT2D eigenvalue weighted by Crippen LogP contribution is 2.18. The first-order chi connectivity index (χ1) is 14.1. The molecule has 0 aliphatic carbocycles. The lowest BCUT2D eigenvalue weighted by molar-refractivity contribution is 0.102. The number of aromatic nitrogens is 2. The van der Waals surface area contributed by atoms with Crippen LogP contribution in [0.3, 0.4) is 0 Å². The van der Waals surface area contributed by atoms with E-state index in [1.54, 1.807) is 36.3 Å². The van der Waals surface area contributed by atoms with Gasteiger partial charge in [-0.05, 0) is 25.1 Å². The van der Waals surface area contributed by atoms with E-state index in [9.17, 15) is 9.59 Å². The second-order valence-electron chi connectivity index (χ2n) is 6.50. The Morgan fingerprint density at radius 1 is 1.31 bits per heavy atom. The number of carbonyl (C=O) groups is 2. The summed E-state index contributed by atoms with van der Waals surface area (Å²) in [5.41, 5.74) is 6.97. The smallest absolute Gasteiger partial charge is 0.397 e. The van der Waals surface area contributed by atoms with Crippen LogP contribution in [-0.4, -0.2) is 66.3 Å². The number of hydrogen-bond acceptors (Lipinski definition) is 8. The largest absolute Gasteiger partial charge is 0.418 e. The summed E-state index contributed by atoms with van der Waals surface area (Å²) < 4.78 is 10.4. The van der Waals surface area contributed by atoms with Crippen LogP contribution in [-0.2, 0) is 4.74 Å². The van der Waals surface area contributed by atoms with Crippen molar-refractivity contribution < 1.29 is 19.1 Å². The lowest BCUT2D eigenvalue weighted by atomic mass is 10.2. The monoisotopic (exact) mass is 400 g/mol. The minimum atomic E-state index is -0.551. The van der Waals surface area contributed by atoms with E-state index >= 15 is 0 Å². The number of anilines is 2. The first kappa shape index (κ1) is 20.5. The van der Waals surface area contributed by atoms with Crippen molar-refractivity contribution in [2.75, 3.05) is 44.4 Å². The summed E-state index contributed by atoms with van der Waals surface area (Å²) in [5, 5.41) is 5.90. The Hall–Kier alpha value is -3.24. The molecular weight excluding hydrogens is 376 g/mol. The summed E-state index contributed by atoms with van der Waals surface area (Å²) >= 11 is 0. The zero-order chi connectivity index (χ0) is 20.6. The summed E-state index contributed by atoms with van der Waals surface area (Å²) in [5.74, 6) is -0.417. The molecule has 1 atom stereocenters. The van der Waals surface area contributed by atoms with Gasteiger partial charge in [0.05, 0.1) is 23.5 Å². The Kier molecular flexibility index (Phi) is 6.93. The number of amides is 2. The quantitative estimate of drug-likeness (QED) is 0.589. The molecule has 1 saturated heterocycles. The van der Waals surface area contributed by atoms with Gasteiger partial charge in [0.1, 0.15) is 0 Å². The van der Waals surface area contributed by atoms with Gasteiger partial charge in [0.25, 0.3) is 5.91 Å². The number of carbonyl (C=O) groups excluding carboxylic acids is 2. The van der Waals surface area contributed by atoms with E-state index in [0.29, 0.717) is 31.1 Å². The molecule has 0 saturated carbocycles. The number of nitrogens with one attached hydrogen (secondary N) is 2. The molecule has 29 heavy (non-hydrogen) atoms. The fourth-order valence-electron chi connectivity index (χ4n) is 2.95.